The number of hydrogen-bond acceptors (Lipinski definition) is 2. The number of aliphatic hydroxyl groups excluding tert-OH is 1. The Balaban J connectivity index is 2.34. The van der Waals surface area contributed by atoms with Gasteiger partial charge in [0.1, 0.15) is 0 Å². The van der Waals surface area contributed by atoms with Crippen molar-refractivity contribution in [3.05, 3.63) is 0 Å². The van der Waals surface area contributed by atoms with E-state index in [1.54, 1.807) is 0 Å². The van der Waals surface area contributed by atoms with Crippen LogP contribution in [0, 0.1) is 17.8 Å². The van der Waals surface area contributed by atoms with E-state index in [2.05, 4.69) is 13.8 Å². The molecule has 1 rings (SSSR count). The van der Waals surface area contributed by atoms with Crippen LogP contribution < -0.4 is 0 Å². The predicted octanol–water partition coefficient (Wildman–Crippen LogP) is 2.46. The molecule has 1 aliphatic rings. The minimum Gasteiger partial charge on any atom is -0.390 e. The zero-order valence-electron chi connectivity index (χ0n) is 9.70. The fourth-order valence-electron chi connectivity index (χ4n) is 2.70. The molecule has 0 aromatic heterocycles. The van der Waals surface area contributed by atoms with Crippen molar-refractivity contribution in [3.8, 4) is 0 Å². The molecule has 2 nitrogen and oxygen atoms in total. The Morgan fingerprint density at radius 3 is 2.29 bits per heavy atom. The van der Waals surface area contributed by atoms with E-state index >= 15 is 0 Å². The van der Waals surface area contributed by atoms with Crippen molar-refractivity contribution in [2.45, 2.75) is 46.1 Å². The summed E-state index contributed by atoms with van der Waals surface area (Å²) in [4.78, 5) is 0. The molecule has 0 aromatic carbocycles. The lowest BCUT2D eigenvalue weighted by atomic mass is 9.74. The molecule has 3 unspecified atom stereocenters. The highest BCUT2D eigenvalue weighted by molar-refractivity contribution is 4.79. The molecule has 84 valence electrons. The Morgan fingerprint density at radius 2 is 1.79 bits per heavy atom. The maximum atomic E-state index is 9.92. The van der Waals surface area contributed by atoms with Gasteiger partial charge in [-0.1, -0.05) is 13.8 Å². The lowest BCUT2D eigenvalue weighted by Crippen LogP contribution is -2.32. The largest absolute Gasteiger partial charge is 0.390 e. The van der Waals surface area contributed by atoms with Crippen LogP contribution in [0.15, 0.2) is 0 Å². The SMILES string of the molecule is CCOCC(O)C1CC(C)CC(C)C1. The van der Waals surface area contributed by atoms with Crippen LogP contribution in [0.4, 0.5) is 0 Å². The number of aliphatic hydroxyl groups is 1. The van der Waals surface area contributed by atoms with Gasteiger partial charge < -0.3 is 9.84 Å². The number of rotatable bonds is 4. The summed E-state index contributed by atoms with van der Waals surface area (Å²) in [7, 11) is 0. The van der Waals surface area contributed by atoms with Crippen molar-refractivity contribution < 1.29 is 9.84 Å². The van der Waals surface area contributed by atoms with Gasteiger partial charge in [-0.05, 0) is 43.9 Å². The van der Waals surface area contributed by atoms with E-state index in [9.17, 15) is 5.11 Å². The Bertz CT molecular complexity index is 148. The van der Waals surface area contributed by atoms with Gasteiger partial charge in [0.25, 0.3) is 0 Å². The first-order valence-electron chi connectivity index (χ1n) is 5.89. The summed E-state index contributed by atoms with van der Waals surface area (Å²) in [5.41, 5.74) is 0. The van der Waals surface area contributed by atoms with Gasteiger partial charge in [-0.15, -0.1) is 0 Å². The second-order valence-electron chi connectivity index (χ2n) is 4.90. The summed E-state index contributed by atoms with van der Waals surface area (Å²) in [5.74, 6) is 1.99. The van der Waals surface area contributed by atoms with Crippen molar-refractivity contribution in [1.29, 1.82) is 0 Å². The zero-order chi connectivity index (χ0) is 10.6. The van der Waals surface area contributed by atoms with Crippen LogP contribution in [0.5, 0.6) is 0 Å². The first-order chi connectivity index (χ1) is 6.63. The molecular formula is C12H24O2. The Labute approximate surface area is 87.7 Å². The fraction of sp³-hybridized carbons (Fsp3) is 1.00. The molecular weight excluding hydrogens is 176 g/mol. The monoisotopic (exact) mass is 200 g/mol. The predicted molar refractivity (Wildman–Crippen MR) is 58.2 cm³/mol. The van der Waals surface area contributed by atoms with Crippen LogP contribution in [0.3, 0.4) is 0 Å². The third-order valence-electron chi connectivity index (χ3n) is 3.25. The number of ether oxygens (including phenoxy) is 1. The van der Waals surface area contributed by atoms with Crippen molar-refractivity contribution in [2.75, 3.05) is 13.2 Å². The van der Waals surface area contributed by atoms with E-state index in [0.717, 1.165) is 11.8 Å². The lowest BCUT2D eigenvalue weighted by molar-refractivity contribution is -0.0135. The smallest absolute Gasteiger partial charge is 0.0801 e. The molecule has 14 heavy (non-hydrogen) atoms. The topological polar surface area (TPSA) is 29.5 Å². The third-order valence-corrected chi connectivity index (χ3v) is 3.25. The Morgan fingerprint density at radius 1 is 1.21 bits per heavy atom. The normalized spacial score (nSPS) is 35.6. The average Bonchev–Trinajstić information content (AvgIpc) is 2.12. The van der Waals surface area contributed by atoms with Crippen LogP contribution in [0.1, 0.15) is 40.0 Å². The molecule has 2 heteroatoms. The van der Waals surface area contributed by atoms with Crippen LogP contribution in [-0.2, 0) is 4.74 Å². The standard InChI is InChI=1S/C12H24O2/c1-4-14-8-12(13)11-6-9(2)5-10(3)7-11/h9-13H,4-8H2,1-3H3. The molecule has 1 fully saturated rings. The van der Waals surface area contributed by atoms with Crippen molar-refractivity contribution in [3.63, 3.8) is 0 Å². The second-order valence-corrected chi connectivity index (χ2v) is 4.90. The van der Waals surface area contributed by atoms with Gasteiger partial charge in [0.2, 0.25) is 0 Å². The molecule has 0 bridgehead atoms. The average molecular weight is 200 g/mol. The summed E-state index contributed by atoms with van der Waals surface area (Å²) in [6.07, 6.45) is 3.40. The summed E-state index contributed by atoms with van der Waals surface area (Å²) in [5, 5.41) is 9.92. The van der Waals surface area contributed by atoms with Crippen LogP contribution in [0.2, 0.25) is 0 Å². The molecule has 0 aromatic rings. The van der Waals surface area contributed by atoms with Crippen molar-refractivity contribution in [1.82, 2.24) is 0 Å². The molecule has 0 amide bonds. The highest BCUT2D eigenvalue weighted by atomic mass is 16.5. The van der Waals surface area contributed by atoms with Gasteiger partial charge in [-0.2, -0.15) is 0 Å². The van der Waals surface area contributed by atoms with E-state index in [-0.39, 0.29) is 6.10 Å². The molecule has 1 saturated carbocycles. The molecule has 1 aliphatic carbocycles. The molecule has 0 heterocycles. The van der Waals surface area contributed by atoms with E-state index in [1.165, 1.54) is 19.3 Å². The minimum absolute atomic E-state index is 0.250. The summed E-state index contributed by atoms with van der Waals surface area (Å²) < 4.78 is 5.27. The first-order valence-corrected chi connectivity index (χ1v) is 5.89. The van der Waals surface area contributed by atoms with E-state index in [1.807, 2.05) is 6.92 Å². The van der Waals surface area contributed by atoms with E-state index < -0.39 is 0 Å². The summed E-state index contributed by atoms with van der Waals surface area (Å²) >= 11 is 0. The maximum absolute atomic E-state index is 9.92. The highest BCUT2D eigenvalue weighted by Crippen LogP contribution is 2.34. The van der Waals surface area contributed by atoms with Crippen LogP contribution in [0.25, 0.3) is 0 Å². The van der Waals surface area contributed by atoms with Gasteiger partial charge in [0.05, 0.1) is 12.7 Å². The van der Waals surface area contributed by atoms with E-state index in [4.69, 9.17) is 4.74 Å². The van der Waals surface area contributed by atoms with Crippen LogP contribution in [-0.4, -0.2) is 24.4 Å². The third kappa shape index (κ3) is 3.58. The lowest BCUT2D eigenvalue weighted by Gasteiger charge is -2.34. The van der Waals surface area contributed by atoms with Crippen molar-refractivity contribution in [2.24, 2.45) is 17.8 Å². The fourth-order valence-corrected chi connectivity index (χ4v) is 2.70. The summed E-state index contributed by atoms with van der Waals surface area (Å²) in [6.45, 7) is 7.76. The molecule has 3 atom stereocenters. The van der Waals surface area contributed by atoms with Gasteiger partial charge in [-0.3, -0.25) is 0 Å². The molecule has 0 radical (unpaired) electrons. The summed E-state index contributed by atoms with van der Waals surface area (Å²) in [6, 6.07) is 0. The second kappa shape index (κ2) is 5.72. The van der Waals surface area contributed by atoms with E-state index in [0.29, 0.717) is 19.1 Å². The maximum Gasteiger partial charge on any atom is 0.0801 e. The Kier molecular flexibility index (Phi) is 4.90. The van der Waals surface area contributed by atoms with Crippen molar-refractivity contribution >= 4 is 0 Å². The van der Waals surface area contributed by atoms with Gasteiger partial charge in [0.15, 0.2) is 0 Å². The molecule has 0 spiro atoms. The quantitative estimate of drug-likeness (QED) is 0.755. The highest BCUT2D eigenvalue weighted by Gasteiger charge is 2.28. The molecule has 0 saturated heterocycles. The molecule has 1 N–H and O–H groups in total. The van der Waals surface area contributed by atoms with Crippen LogP contribution >= 0.6 is 0 Å². The van der Waals surface area contributed by atoms with Gasteiger partial charge in [0, 0.05) is 6.61 Å². The zero-order valence-corrected chi connectivity index (χ0v) is 9.70. The van der Waals surface area contributed by atoms with Gasteiger partial charge >= 0.3 is 0 Å². The number of hydrogen-bond donors (Lipinski definition) is 1. The van der Waals surface area contributed by atoms with Gasteiger partial charge in [-0.25, -0.2) is 0 Å². The minimum atomic E-state index is -0.250. The molecule has 0 aliphatic heterocycles. The first kappa shape index (κ1) is 12.0. The Hall–Kier alpha value is -0.0800.